The van der Waals surface area contributed by atoms with E-state index < -0.39 is 0 Å². The van der Waals surface area contributed by atoms with E-state index in [9.17, 15) is 0 Å². The van der Waals surface area contributed by atoms with Crippen LogP contribution in [0.5, 0.6) is 0 Å². The smallest absolute Gasteiger partial charge is 0.225 e. The van der Waals surface area contributed by atoms with E-state index in [0.29, 0.717) is 29.6 Å². The van der Waals surface area contributed by atoms with Crippen molar-refractivity contribution in [3.63, 3.8) is 0 Å². The quantitative estimate of drug-likeness (QED) is 0.215. The SMILES string of the molecule is CC(C)c1cc(C(C)C)c(C[n+]2cn(-c3c(C(C)C)cccc3C(C)C)c3ccccc32)c(C(C)C)c1. The second kappa shape index (κ2) is 10.9. The molecule has 0 radical (unpaired) electrons. The lowest BCUT2D eigenvalue weighted by atomic mass is 9.84. The Hall–Kier alpha value is -2.87. The summed E-state index contributed by atoms with van der Waals surface area (Å²) in [6.07, 6.45) is 2.36. The molecule has 0 aliphatic heterocycles. The Kier molecular flexibility index (Phi) is 7.97. The minimum atomic E-state index is 0.451. The summed E-state index contributed by atoms with van der Waals surface area (Å²) in [6, 6.07) is 20.7. The van der Waals surface area contributed by atoms with Crippen molar-refractivity contribution in [2.45, 2.75) is 105 Å². The Balaban J connectivity index is 1.99. The van der Waals surface area contributed by atoms with Gasteiger partial charge in [0.2, 0.25) is 6.33 Å². The van der Waals surface area contributed by atoms with Gasteiger partial charge in [-0.05, 0) is 58.4 Å². The Morgan fingerprint density at radius 1 is 0.595 bits per heavy atom. The monoisotopic (exact) mass is 495 g/mol. The molecule has 0 saturated heterocycles. The average Bonchev–Trinajstić information content (AvgIpc) is 3.21. The molecule has 0 amide bonds. The zero-order valence-electron chi connectivity index (χ0n) is 24.8. The number of benzene rings is 3. The average molecular weight is 496 g/mol. The number of para-hydroxylation sites is 3. The molecule has 0 fully saturated rings. The first-order valence-electron chi connectivity index (χ1n) is 14.3. The summed E-state index contributed by atoms with van der Waals surface area (Å²) < 4.78 is 4.95. The summed E-state index contributed by atoms with van der Waals surface area (Å²) in [6.45, 7) is 24.1. The second-order valence-corrected chi connectivity index (χ2v) is 12.3. The van der Waals surface area contributed by atoms with Crippen LogP contribution in [0.3, 0.4) is 0 Å². The van der Waals surface area contributed by atoms with Crippen molar-refractivity contribution in [3.8, 4) is 5.69 Å². The van der Waals surface area contributed by atoms with Gasteiger partial charge in [0.1, 0.15) is 12.2 Å². The lowest BCUT2D eigenvalue weighted by Crippen LogP contribution is -2.34. The van der Waals surface area contributed by atoms with Crippen molar-refractivity contribution in [1.29, 1.82) is 0 Å². The lowest BCUT2D eigenvalue weighted by molar-refractivity contribution is -0.663. The van der Waals surface area contributed by atoms with Gasteiger partial charge in [0, 0.05) is 16.7 Å². The van der Waals surface area contributed by atoms with Crippen molar-refractivity contribution in [2.75, 3.05) is 0 Å². The molecule has 0 aliphatic carbocycles. The van der Waals surface area contributed by atoms with Crippen molar-refractivity contribution in [2.24, 2.45) is 0 Å². The van der Waals surface area contributed by atoms with Crippen LogP contribution in [0.1, 0.15) is 132 Å². The third-order valence-corrected chi connectivity index (χ3v) is 7.87. The summed E-state index contributed by atoms with van der Waals surface area (Å²) in [4.78, 5) is 0. The van der Waals surface area contributed by atoms with Crippen molar-refractivity contribution >= 4 is 11.0 Å². The van der Waals surface area contributed by atoms with E-state index >= 15 is 0 Å². The predicted molar refractivity (Wildman–Crippen MR) is 159 cm³/mol. The van der Waals surface area contributed by atoms with Crippen molar-refractivity contribution in [3.05, 3.63) is 94.3 Å². The molecule has 2 nitrogen and oxygen atoms in total. The predicted octanol–water partition coefficient (Wildman–Crippen LogP) is 9.58. The molecule has 3 aromatic carbocycles. The van der Waals surface area contributed by atoms with Gasteiger partial charge in [-0.1, -0.05) is 112 Å². The van der Waals surface area contributed by atoms with Crippen molar-refractivity contribution < 1.29 is 4.57 Å². The third-order valence-electron chi connectivity index (χ3n) is 7.87. The van der Waals surface area contributed by atoms with Crippen LogP contribution in [0.25, 0.3) is 16.7 Å². The fraction of sp³-hybridized carbons (Fsp3) is 0.457. The molecule has 196 valence electrons. The first-order valence-corrected chi connectivity index (χ1v) is 14.3. The molecule has 0 bridgehead atoms. The number of aromatic nitrogens is 2. The molecule has 4 rings (SSSR count). The highest BCUT2D eigenvalue weighted by molar-refractivity contribution is 5.75. The fourth-order valence-corrected chi connectivity index (χ4v) is 5.73. The summed E-state index contributed by atoms with van der Waals surface area (Å²) in [5.41, 5.74) is 12.7. The maximum atomic E-state index is 2.48. The molecule has 2 heteroatoms. The van der Waals surface area contributed by atoms with Gasteiger partial charge in [-0.2, -0.15) is 4.57 Å². The minimum absolute atomic E-state index is 0.451. The fourth-order valence-electron chi connectivity index (χ4n) is 5.73. The van der Waals surface area contributed by atoms with E-state index in [1.54, 1.807) is 0 Å². The van der Waals surface area contributed by atoms with Gasteiger partial charge in [-0.25, -0.2) is 4.57 Å². The van der Waals surface area contributed by atoms with Crippen LogP contribution < -0.4 is 4.57 Å². The molecular weight excluding hydrogens is 448 g/mol. The van der Waals surface area contributed by atoms with Crippen LogP contribution in [0.4, 0.5) is 0 Å². The number of fused-ring (bicyclic) bond motifs is 1. The van der Waals surface area contributed by atoms with Crippen LogP contribution in [0.15, 0.2) is 60.9 Å². The second-order valence-electron chi connectivity index (χ2n) is 12.3. The van der Waals surface area contributed by atoms with E-state index in [2.05, 4.69) is 139 Å². The highest BCUT2D eigenvalue weighted by atomic mass is 15.1. The number of imidazole rings is 1. The van der Waals surface area contributed by atoms with Crippen LogP contribution in [0.2, 0.25) is 0 Å². The molecule has 4 aromatic rings. The normalized spacial score (nSPS) is 12.3. The van der Waals surface area contributed by atoms with E-state index in [-0.39, 0.29) is 0 Å². The largest absolute Gasteiger partial charge is 0.250 e. The van der Waals surface area contributed by atoms with Crippen LogP contribution in [-0.4, -0.2) is 4.57 Å². The molecule has 0 saturated carbocycles. The lowest BCUT2D eigenvalue weighted by Gasteiger charge is -2.22. The van der Waals surface area contributed by atoms with Crippen LogP contribution in [-0.2, 0) is 6.54 Å². The van der Waals surface area contributed by atoms with Gasteiger partial charge in [0.15, 0.2) is 11.0 Å². The topological polar surface area (TPSA) is 8.81 Å². The standard InChI is InChI=1S/C35H47N2/c1-22(2)27-18-30(25(7)8)32(31(19-27)26(9)10)20-36-21-37(34-17-12-11-16-33(34)36)35-28(23(3)4)14-13-15-29(35)24(5)6/h11-19,21-26H,20H2,1-10H3/q+1. The molecule has 0 atom stereocenters. The third kappa shape index (κ3) is 5.26. The molecule has 0 unspecified atom stereocenters. The molecule has 0 aliphatic rings. The first-order chi connectivity index (χ1) is 17.5. The number of hydrogen-bond donors (Lipinski definition) is 0. The molecule has 37 heavy (non-hydrogen) atoms. The number of rotatable bonds is 8. The highest BCUT2D eigenvalue weighted by Crippen LogP contribution is 2.34. The first kappa shape index (κ1) is 27.2. The Morgan fingerprint density at radius 3 is 1.59 bits per heavy atom. The zero-order chi connectivity index (χ0) is 27.0. The van der Waals surface area contributed by atoms with Crippen LogP contribution >= 0.6 is 0 Å². The van der Waals surface area contributed by atoms with Crippen LogP contribution in [0, 0.1) is 0 Å². The minimum Gasteiger partial charge on any atom is -0.225 e. The summed E-state index contributed by atoms with van der Waals surface area (Å²) >= 11 is 0. The summed E-state index contributed by atoms with van der Waals surface area (Å²) in [5, 5.41) is 0. The van der Waals surface area contributed by atoms with Gasteiger partial charge in [-0.15, -0.1) is 0 Å². The Morgan fingerprint density at radius 2 is 1.11 bits per heavy atom. The Bertz CT molecular complexity index is 1330. The van der Waals surface area contributed by atoms with Gasteiger partial charge < -0.3 is 0 Å². The molecule has 0 spiro atoms. The maximum absolute atomic E-state index is 2.48. The van der Waals surface area contributed by atoms with Gasteiger partial charge in [0.05, 0.1) is 0 Å². The summed E-state index contributed by atoms with van der Waals surface area (Å²) in [5.74, 6) is 2.39. The van der Waals surface area contributed by atoms with E-state index in [4.69, 9.17) is 0 Å². The van der Waals surface area contributed by atoms with E-state index in [1.807, 2.05) is 0 Å². The molecule has 0 N–H and O–H groups in total. The molecular formula is C35H47N2+. The molecule has 1 aromatic heterocycles. The molecule has 1 heterocycles. The highest BCUT2D eigenvalue weighted by Gasteiger charge is 2.26. The van der Waals surface area contributed by atoms with Gasteiger partial charge in [0.25, 0.3) is 0 Å². The van der Waals surface area contributed by atoms with E-state index in [1.165, 1.54) is 50.1 Å². The number of nitrogens with zero attached hydrogens (tertiary/aromatic N) is 2. The van der Waals surface area contributed by atoms with Crippen molar-refractivity contribution in [1.82, 2.24) is 4.57 Å². The van der Waals surface area contributed by atoms with Gasteiger partial charge >= 0.3 is 0 Å². The summed E-state index contributed by atoms with van der Waals surface area (Å²) in [7, 11) is 0. The van der Waals surface area contributed by atoms with Gasteiger partial charge in [-0.3, -0.25) is 0 Å². The Labute approximate surface area is 225 Å². The maximum Gasteiger partial charge on any atom is 0.250 e. The zero-order valence-corrected chi connectivity index (χ0v) is 24.8. The van der Waals surface area contributed by atoms with E-state index in [0.717, 1.165) is 6.54 Å². The number of hydrogen-bond acceptors (Lipinski definition) is 0.